The van der Waals surface area contributed by atoms with Crippen LogP contribution in [0.5, 0.6) is 0 Å². The first kappa shape index (κ1) is 17.1. The van der Waals surface area contributed by atoms with E-state index in [0.717, 1.165) is 0 Å². The largest absolute Gasteiger partial charge is 0.480 e. The Hall–Kier alpha value is 0.0400. The highest BCUT2D eigenvalue weighted by atomic mass is 79.9. The van der Waals surface area contributed by atoms with Crippen molar-refractivity contribution in [2.75, 3.05) is 0 Å². The molecule has 0 aromatic carbocycles. The molecular weight excluding hydrogens is 422 g/mol. The van der Waals surface area contributed by atoms with Crippen LogP contribution < -0.4 is 4.72 Å². The van der Waals surface area contributed by atoms with E-state index in [1.165, 1.54) is 17.4 Å². The lowest BCUT2D eigenvalue weighted by Crippen LogP contribution is -2.48. The van der Waals surface area contributed by atoms with Crippen LogP contribution in [0, 0.1) is 5.41 Å². The van der Waals surface area contributed by atoms with Crippen LogP contribution in [-0.2, 0) is 14.8 Å². The molecule has 0 spiro atoms. The fourth-order valence-corrected chi connectivity index (χ4v) is 6.53. The zero-order valence-corrected chi connectivity index (χ0v) is 15.2. The van der Waals surface area contributed by atoms with Crippen LogP contribution in [0.2, 0.25) is 0 Å². The zero-order valence-electron chi connectivity index (χ0n) is 10.4. The molecule has 1 heterocycles. The number of sulfonamides is 1. The Kier molecular flexibility index (Phi) is 5.22. The summed E-state index contributed by atoms with van der Waals surface area (Å²) in [6, 6.07) is 0.224. The van der Waals surface area contributed by atoms with Gasteiger partial charge in [-0.25, -0.2) is 8.42 Å². The standard InChI is InChI=1S/C10H13Br2NO4S2/c1-10(2,3)7(9(14)15)13-19(16,17)5-4-6(11)18-8(5)12/h4,7,13H,1-3H3,(H,14,15)/t7-/m1/s1. The fraction of sp³-hybridized carbons (Fsp3) is 0.500. The molecule has 0 fully saturated rings. The first-order valence-corrected chi connectivity index (χ1v) is 9.03. The minimum atomic E-state index is -3.89. The van der Waals surface area contributed by atoms with Gasteiger partial charge >= 0.3 is 5.97 Å². The number of carbonyl (C=O) groups is 1. The molecule has 108 valence electrons. The van der Waals surface area contributed by atoms with Gasteiger partial charge in [-0.2, -0.15) is 4.72 Å². The molecule has 0 saturated heterocycles. The van der Waals surface area contributed by atoms with E-state index in [2.05, 4.69) is 36.6 Å². The maximum atomic E-state index is 12.2. The predicted molar refractivity (Wildman–Crippen MR) is 80.9 cm³/mol. The lowest BCUT2D eigenvalue weighted by Gasteiger charge is -2.27. The summed E-state index contributed by atoms with van der Waals surface area (Å²) < 4.78 is 27.7. The Morgan fingerprint density at radius 3 is 2.26 bits per heavy atom. The topological polar surface area (TPSA) is 83.5 Å². The van der Waals surface area contributed by atoms with Crippen molar-refractivity contribution in [3.63, 3.8) is 0 Å². The Balaban J connectivity index is 3.15. The van der Waals surface area contributed by atoms with Crippen LogP contribution in [0.4, 0.5) is 0 Å². The lowest BCUT2D eigenvalue weighted by atomic mass is 9.88. The van der Waals surface area contributed by atoms with Gasteiger partial charge in [0.2, 0.25) is 10.0 Å². The number of hydrogen-bond acceptors (Lipinski definition) is 4. The van der Waals surface area contributed by atoms with E-state index in [1.807, 2.05) is 0 Å². The van der Waals surface area contributed by atoms with Gasteiger partial charge in [0, 0.05) is 0 Å². The summed E-state index contributed by atoms with van der Waals surface area (Å²) in [5.74, 6) is -1.21. The van der Waals surface area contributed by atoms with Gasteiger partial charge in [0.05, 0.1) is 7.57 Å². The van der Waals surface area contributed by atoms with E-state index in [1.54, 1.807) is 20.8 Å². The average molecular weight is 435 g/mol. The van der Waals surface area contributed by atoms with E-state index in [0.29, 0.717) is 7.57 Å². The van der Waals surface area contributed by atoms with E-state index >= 15 is 0 Å². The van der Waals surface area contributed by atoms with Crippen molar-refractivity contribution in [3.8, 4) is 0 Å². The van der Waals surface area contributed by atoms with Gasteiger partial charge in [-0.1, -0.05) is 20.8 Å². The third-order valence-corrected chi connectivity index (χ3v) is 6.48. The van der Waals surface area contributed by atoms with Crippen molar-refractivity contribution >= 4 is 59.2 Å². The molecule has 0 unspecified atom stereocenters. The second-order valence-corrected chi connectivity index (χ2v) is 10.4. The number of rotatable bonds is 4. The van der Waals surface area contributed by atoms with E-state index in [9.17, 15) is 13.2 Å². The average Bonchev–Trinajstić information content (AvgIpc) is 2.53. The maximum Gasteiger partial charge on any atom is 0.322 e. The Bertz CT molecular complexity index is 589. The van der Waals surface area contributed by atoms with Crippen molar-refractivity contribution in [2.24, 2.45) is 5.41 Å². The predicted octanol–water partition coefficient (Wildman–Crippen LogP) is 3.05. The van der Waals surface area contributed by atoms with Crippen LogP contribution >= 0.6 is 43.2 Å². The van der Waals surface area contributed by atoms with E-state index < -0.39 is 27.4 Å². The Morgan fingerprint density at radius 1 is 1.42 bits per heavy atom. The number of thiophene rings is 1. The number of nitrogens with one attached hydrogen (secondary N) is 1. The summed E-state index contributed by atoms with van der Waals surface area (Å²) in [5.41, 5.74) is -0.737. The molecule has 1 aromatic rings. The third-order valence-electron chi connectivity index (χ3n) is 2.30. The van der Waals surface area contributed by atoms with Gasteiger partial charge in [-0.3, -0.25) is 4.79 Å². The Morgan fingerprint density at radius 2 is 1.95 bits per heavy atom. The fourth-order valence-electron chi connectivity index (χ4n) is 1.32. The zero-order chi connectivity index (χ0) is 15.0. The quantitative estimate of drug-likeness (QED) is 0.762. The second kappa shape index (κ2) is 5.80. The monoisotopic (exact) mass is 433 g/mol. The smallest absolute Gasteiger partial charge is 0.322 e. The highest BCUT2D eigenvalue weighted by molar-refractivity contribution is 9.12. The number of hydrogen-bond donors (Lipinski definition) is 2. The molecule has 9 heteroatoms. The van der Waals surface area contributed by atoms with Crippen molar-refractivity contribution in [1.82, 2.24) is 4.72 Å². The molecule has 0 aliphatic carbocycles. The minimum Gasteiger partial charge on any atom is -0.480 e. The SMILES string of the molecule is CC(C)(C)[C@H](NS(=O)(=O)c1cc(Br)sc1Br)C(=O)O. The number of carboxylic acids is 1. The normalized spacial score (nSPS) is 14.4. The van der Waals surface area contributed by atoms with E-state index in [4.69, 9.17) is 5.11 Å². The van der Waals surface area contributed by atoms with Gasteiger partial charge < -0.3 is 5.11 Å². The molecule has 0 saturated carbocycles. The highest BCUT2D eigenvalue weighted by Gasteiger charge is 2.36. The molecule has 0 aliphatic heterocycles. The molecule has 0 radical (unpaired) electrons. The number of aliphatic carboxylic acids is 1. The van der Waals surface area contributed by atoms with Crippen LogP contribution in [0.15, 0.2) is 18.5 Å². The molecule has 1 atom stereocenters. The van der Waals surface area contributed by atoms with Crippen molar-refractivity contribution in [3.05, 3.63) is 13.6 Å². The van der Waals surface area contributed by atoms with Gasteiger partial charge in [-0.05, 0) is 43.3 Å². The third kappa shape index (κ3) is 4.25. The maximum absolute atomic E-state index is 12.2. The van der Waals surface area contributed by atoms with Gasteiger partial charge in [0.1, 0.15) is 10.9 Å². The van der Waals surface area contributed by atoms with Gasteiger partial charge in [-0.15, -0.1) is 11.3 Å². The molecule has 0 aliphatic rings. The van der Waals surface area contributed by atoms with E-state index in [-0.39, 0.29) is 4.90 Å². The lowest BCUT2D eigenvalue weighted by molar-refractivity contribution is -0.141. The van der Waals surface area contributed by atoms with Crippen molar-refractivity contribution < 1.29 is 18.3 Å². The molecule has 0 bridgehead atoms. The van der Waals surface area contributed by atoms with Crippen LogP contribution in [0.1, 0.15) is 20.8 Å². The van der Waals surface area contributed by atoms with Gasteiger partial charge in [0.15, 0.2) is 0 Å². The van der Waals surface area contributed by atoms with Crippen LogP contribution in [-0.4, -0.2) is 25.5 Å². The molecule has 5 nitrogen and oxygen atoms in total. The van der Waals surface area contributed by atoms with Crippen molar-refractivity contribution in [1.29, 1.82) is 0 Å². The number of halogens is 2. The highest BCUT2D eigenvalue weighted by Crippen LogP contribution is 2.35. The summed E-state index contributed by atoms with van der Waals surface area (Å²) in [7, 11) is -3.89. The van der Waals surface area contributed by atoms with Crippen LogP contribution in [0.25, 0.3) is 0 Å². The first-order valence-electron chi connectivity index (χ1n) is 5.15. The summed E-state index contributed by atoms with van der Waals surface area (Å²) in [6.07, 6.45) is 0. The van der Waals surface area contributed by atoms with Crippen molar-refractivity contribution in [2.45, 2.75) is 31.7 Å². The van der Waals surface area contributed by atoms with Crippen LogP contribution in [0.3, 0.4) is 0 Å². The molecule has 0 amide bonds. The summed E-state index contributed by atoms with van der Waals surface area (Å²) >= 11 is 7.55. The number of carboxylic acid groups (broad SMARTS) is 1. The minimum absolute atomic E-state index is 0.0277. The first-order chi connectivity index (χ1) is 8.45. The molecule has 2 N–H and O–H groups in total. The summed E-state index contributed by atoms with van der Waals surface area (Å²) in [6.45, 7) is 4.98. The summed E-state index contributed by atoms with van der Waals surface area (Å²) in [4.78, 5) is 11.2. The molecule has 1 rings (SSSR count). The summed E-state index contributed by atoms with van der Waals surface area (Å²) in [5, 5.41) is 9.15. The second-order valence-electron chi connectivity index (χ2n) is 4.95. The van der Waals surface area contributed by atoms with Gasteiger partial charge in [0.25, 0.3) is 0 Å². The molecule has 1 aromatic heterocycles. The molecular formula is C10H13Br2NO4S2. The Labute approximate surface area is 132 Å². The molecule has 19 heavy (non-hydrogen) atoms.